The number of hydrogen-bond acceptors (Lipinski definition) is 3. The number of aryl methyl sites for hydroxylation is 1. The number of aliphatic hydroxyl groups excluding tert-OH is 1. The first-order valence-corrected chi connectivity index (χ1v) is 5.68. The van der Waals surface area contributed by atoms with Crippen molar-refractivity contribution in [3.63, 3.8) is 0 Å². The monoisotopic (exact) mass is 237 g/mol. The van der Waals surface area contributed by atoms with Crippen LogP contribution < -0.4 is 5.32 Å². The molecule has 0 bridgehead atoms. The van der Waals surface area contributed by atoms with E-state index >= 15 is 0 Å². The van der Waals surface area contributed by atoms with Crippen molar-refractivity contribution in [2.75, 3.05) is 6.61 Å². The summed E-state index contributed by atoms with van der Waals surface area (Å²) >= 11 is 0. The van der Waals surface area contributed by atoms with Crippen molar-refractivity contribution in [2.45, 2.75) is 26.8 Å². The minimum absolute atomic E-state index is 0.0584. The summed E-state index contributed by atoms with van der Waals surface area (Å²) in [5.74, 6) is 1.42. The van der Waals surface area contributed by atoms with Gasteiger partial charge in [0.05, 0.1) is 12.6 Å². The molecule has 1 atom stereocenters. The number of hydrogen-bond donors (Lipinski definition) is 2. The van der Waals surface area contributed by atoms with E-state index < -0.39 is 0 Å². The first-order valence-electron chi connectivity index (χ1n) is 5.68. The Morgan fingerprint density at radius 2 is 2.24 bits per heavy atom. The van der Waals surface area contributed by atoms with Crippen molar-refractivity contribution in [3.05, 3.63) is 29.7 Å². The van der Waals surface area contributed by atoms with Gasteiger partial charge < -0.3 is 14.8 Å². The third kappa shape index (κ3) is 4.44. The van der Waals surface area contributed by atoms with Crippen molar-refractivity contribution in [3.8, 4) is 0 Å². The molecule has 0 aliphatic heterocycles. The summed E-state index contributed by atoms with van der Waals surface area (Å²) in [7, 11) is 0. The van der Waals surface area contributed by atoms with Gasteiger partial charge in [0.1, 0.15) is 11.5 Å². The molecule has 2 N–H and O–H groups in total. The molecule has 4 heteroatoms. The molecule has 0 radical (unpaired) electrons. The van der Waals surface area contributed by atoms with Crippen LogP contribution in [-0.2, 0) is 4.79 Å². The molecule has 4 nitrogen and oxygen atoms in total. The number of carbonyl (C=O) groups excluding carboxylic acids is 1. The van der Waals surface area contributed by atoms with E-state index in [1.807, 2.05) is 26.8 Å². The fourth-order valence-corrected chi connectivity index (χ4v) is 1.35. The van der Waals surface area contributed by atoms with Gasteiger partial charge in [0.2, 0.25) is 5.91 Å². The zero-order chi connectivity index (χ0) is 12.8. The van der Waals surface area contributed by atoms with Gasteiger partial charge >= 0.3 is 0 Å². The van der Waals surface area contributed by atoms with E-state index in [4.69, 9.17) is 9.52 Å². The topological polar surface area (TPSA) is 62.5 Å². The third-order valence-corrected chi connectivity index (χ3v) is 2.49. The normalized spacial score (nSPS) is 13.2. The van der Waals surface area contributed by atoms with E-state index in [2.05, 4.69) is 5.32 Å². The third-order valence-electron chi connectivity index (χ3n) is 2.49. The van der Waals surface area contributed by atoms with Crippen LogP contribution in [0.1, 0.15) is 25.4 Å². The van der Waals surface area contributed by atoms with Crippen LogP contribution in [0.25, 0.3) is 6.08 Å². The van der Waals surface area contributed by atoms with E-state index in [9.17, 15) is 4.79 Å². The van der Waals surface area contributed by atoms with Crippen LogP contribution in [0.3, 0.4) is 0 Å². The highest BCUT2D eigenvalue weighted by molar-refractivity contribution is 5.91. The van der Waals surface area contributed by atoms with Gasteiger partial charge in [-0.3, -0.25) is 4.79 Å². The van der Waals surface area contributed by atoms with Crippen molar-refractivity contribution < 1.29 is 14.3 Å². The zero-order valence-corrected chi connectivity index (χ0v) is 10.4. The maximum absolute atomic E-state index is 11.5. The Hall–Kier alpha value is -1.55. The Morgan fingerprint density at radius 1 is 1.53 bits per heavy atom. The van der Waals surface area contributed by atoms with Gasteiger partial charge in [-0.1, -0.05) is 13.8 Å². The molecule has 1 heterocycles. The predicted octanol–water partition coefficient (Wildman–Crippen LogP) is 1.73. The van der Waals surface area contributed by atoms with Crippen LogP contribution in [-0.4, -0.2) is 23.7 Å². The SMILES string of the molecule is Cc1ccc(C=CC(=O)NC(CO)C(C)C)o1. The second-order valence-electron chi connectivity index (χ2n) is 4.32. The molecule has 0 fully saturated rings. The van der Waals surface area contributed by atoms with Crippen molar-refractivity contribution in [1.29, 1.82) is 0 Å². The lowest BCUT2D eigenvalue weighted by Crippen LogP contribution is -2.40. The Morgan fingerprint density at radius 3 is 2.71 bits per heavy atom. The van der Waals surface area contributed by atoms with Gasteiger partial charge in [0, 0.05) is 6.08 Å². The molecule has 1 rings (SSSR count). The Kier molecular flexibility index (Phi) is 4.97. The highest BCUT2D eigenvalue weighted by Crippen LogP contribution is 2.08. The molecule has 1 aromatic rings. The fourth-order valence-electron chi connectivity index (χ4n) is 1.35. The maximum Gasteiger partial charge on any atom is 0.244 e. The van der Waals surface area contributed by atoms with Crippen molar-refractivity contribution in [1.82, 2.24) is 5.32 Å². The highest BCUT2D eigenvalue weighted by Gasteiger charge is 2.13. The fraction of sp³-hybridized carbons (Fsp3) is 0.462. The van der Waals surface area contributed by atoms with Crippen LogP contribution in [0.2, 0.25) is 0 Å². The minimum Gasteiger partial charge on any atom is -0.462 e. The summed E-state index contributed by atoms with van der Waals surface area (Å²) in [5.41, 5.74) is 0. The van der Waals surface area contributed by atoms with Gasteiger partial charge in [0.25, 0.3) is 0 Å². The van der Waals surface area contributed by atoms with E-state index in [-0.39, 0.29) is 24.5 Å². The van der Waals surface area contributed by atoms with Crippen LogP contribution in [0, 0.1) is 12.8 Å². The largest absolute Gasteiger partial charge is 0.462 e. The van der Waals surface area contributed by atoms with E-state index in [0.717, 1.165) is 5.76 Å². The van der Waals surface area contributed by atoms with Crippen LogP contribution in [0.5, 0.6) is 0 Å². The molecule has 0 aliphatic rings. The summed E-state index contributed by atoms with van der Waals surface area (Å²) in [6, 6.07) is 3.42. The van der Waals surface area contributed by atoms with Crippen molar-refractivity contribution >= 4 is 12.0 Å². The van der Waals surface area contributed by atoms with Crippen molar-refractivity contribution in [2.24, 2.45) is 5.92 Å². The molecule has 1 amide bonds. The second-order valence-corrected chi connectivity index (χ2v) is 4.32. The summed E-state index contributed by atoms with van der Waals surface area (Å²) in [5, 5.41) is 11.8. The number of rotatable bonds is 5. The average molecular weight is 237 g/mol. The Balaban J connectivity index is 2.52. The number of furan rings is 1. The standard InChI is InChI=1S/C13H19NO3/c1-9(2)12(8-15)14-13(16)7-6-11-5-4-10(3)17-11/h4-7,9,12,15H,8H2,1-3H3,(H,14,16). The Bertz CT molecular complexity index is 393. The minimum atomic E-state index is -0.230. The molecule has 0 spiro atoms. The molecule has 1 unspecified atom stereocenters. The Labute approximate surface area is 101 Å². The molecule has 1 aromatic heterocycles. The quantitative estimate of drug-likeness (QED) is 0.767. The van der Waals surface area contributed by atoms with E-state index in [1.54, 1.807) is 12.1 Å². The summed E-state index contributed by atoms with van der Waals surface area (Å²) in [6.45, 7) is 5.68. The lowest BCUT2D eigenvalue weighted by molar-refractivity contribution is -0.117. The van der Waals surface area contributed by atoms with Gasteiger partial charge in [0.15, 0.2) is 0 Å². The average Bonchev–Trinajstić information content (AvgIpc) is 2.68. The lowest BCUT2D eigenvalue weighted by atomic mass is 10.1. The lowest BCUT2D eigenvalue weighted by Gasteiger charge is -2.18. The van der Waals surface area contributed by atoms with Gasteiger partial charge in [-0.15, -0.1) is 0 Å². The smallest absolute Gasteiger partial charge is 0.244 e. The van der Waals surface area contributed by atoms with Crippen LogP contribution >= 0.6 is 0 Å². The first-order chi connectivity index (χ1) is 8.02. The van der Waals surface area contributed by atoms with Gasteiger partial charge in [-0.25, -0.2) is 0 Å². The number of carbonyl (C=O) groups is 1. The summed E-state index contributed by atoms with van der Waals surface area (Å²) < 4.78 is 5.30. The predicted molar refractivity (Wildman–Crippen MR) is 66.3 cm³/mol. The van der Waals surface area contributed by atoms with Gasteiger partial charge in [-0.2, -0.15) is 0 Å². The maximum atomic E-state index is 11.5. The number of nitrogens with one attached hydrogen (secondary N) is 1. The molecule has 94 valence electrons. The van der Waals surface area contributed by atoms with E-state index in [0.29, 0.717) is 5.76 Å². The zero-order valence-electron chi connectivity index (χ0n) is 10.4. The van der Waals surface area contributed by atoms with E-state index in [1.165, 1.54) is 6.08 Å². The molecular weight excluding hydrogens is 218 g/mol. The molecule has 0 saturated carbocycles. The number of amides is 1. The molecule has 0 saturated heterocycles. The first kappa shape index (κ1) is 13.5. The van der Waals surface area contributed by atoms with Gasteiger partial charge in [-0.05, 0) is 31.1 Å². The highest BCUT2D eigenvalue weighted by atomic mass is 16.3. The molecule has 0 aromatic carbocycles. The molecule has 17 heavy (non-hydrogen) atoms. The summed E-state index contributed by atoms with van der Waals surface area (Å²) in [4.78, 5) is 11.5. The second kappa shape index (κ2) is 6.25. The molecular formula is C13H19NO3. The summed E-state index contributed by atoms with van der Waals surface area (Å²) in [6.07, 6.45) is 3.01. The molecule has 0 aliphatic carbocycles. The van der Waals surface area contributed by atoms with Crippen LogP contribution in [0.4, 0.5) is 0 Å². The number of aliphatic hydroxyl groups is 1. The van der Waals surface area contributed by atoms with Crippen LogP contribution in [0.15, 0.2) is 22.6 Å².